The van der Waals surface area contributed by atoms with Gasteiger partial charge in [-0.3, -0.25) is 4.72 Å². The van der Waals surface area contributed by atoms with E-state index >= 15 is 0 Å². The van der Waals surface area contributed by atoms with Gasteiger partial charge in [0.25, 0.3) is 0 Å². The summed E-state index contributed by atoms with van der Waals surface area (Å²) in [6.07, 6.45) is 0. The van der Waals surface area contributed by atoms with Crippen LogP contribution in [0.1, 0.15) is 18.5 Å². The quantitative estimate of drug-likeness (QED) is 0.256. The number of aromatic amines is 1. The number of rotatable bonds is 10. The molecule has 4 N–H and O–H groups in total. The van der Waals surface area contributed by atoms with Gasteiger partial charge in [0.1, 0.15) is 16.9 Å². The molecule has 0 unspecified atom stereocenters. The number of aromatic nitrogens is 4. The second-order valence-corrected chi connectivity index (χ2v) is 10.8. The number of benzene rings is 2. The molecule has 12 heteroatoms. The van der Waals surface area contributed by atoms with Crippen LogP contribution in [0.2, 0.25) is 0 Å². The zero-order chi connectivity index (χ0) is 25.9. The van der Waals surface area contributed by atoms with Gasteiger partial charge >= 0.3 is 10.2 Å². The Balaban J connectivity index is 1.66. The molecule has 36 heavy (non-hydrogen) atoms. The first-order valence-electron chi connectivity index (χ1n) is 11.4. The largest absolute Gasteiger partial charge is 0.366 e. The van der Waals surface area contributed by atoms with Crippen LogP contribution in [-0.4, -0.2) is 72.3 Å². The average Bonchev–Trinajstić information content (AvgIpc) is 3.29. The van der Waals surface area contributed by atoms with Gasteiger partial charge in [0.05, 0.1) is 11.7 Å². The van der Waals surface area contributed by atoms with Crippen LogP contribution in [0.3, 0.4) is 0 Å². The van der Waals surface area contributed by atoms with Crippen molar-refractivity contribution in [3.05, 3.63) is 66.2 Å². The Morgan fingerprint density at radius 2 is 1.64 bits per heavy atom. The van der Waals surface area contributed by atoms with Gasteiger partial charge in [-0.25, -0.2) is 4.98 Å². The summed E-state index contributed by atoms with van der Waals surface area (Å²) in [5.41, 5.74) is 3.58. The highest BCUT2D eigenvalue weighted by atomic mass is 32.2. The Morgan fingerprint density at radius 1 is 0.917 bits per heavy atom. The summed E-state index contributed by atoms with van der Waals surface area (Å²) in [6, 6.07) is 19.2. The van der Waals surface area contributed by atoms with Crippen molar-refractivity contribution in [1.82, 2.24) is 29.6 Å². The molecular formula is C24H31N9O2S. The molecule has 4 aromatic rings. The normalized spacial score (nSPS) is 13.6. The molecule has 0 fully saturated rings. The van der Waals surface area contributed by atoms with Gasteiger partial charge in [-0.1, -0.05) is 30.3 Å². The fourth-order valence-electron chi connectivity index (χ4n) is 4.00. The monoisotopic (exact) mass is 509 g/mol. The molecule has 190 valence electrons. The summed E-state index contributed by atoms with van der Waals surface area (Å²) in [4.78, 5) is 6.88. The third-order valence-corrected chi connectivity index (χ3v) is 7.18. The van der Waals surface area contributed by atoms with Crippen LogP contribution in [0.4, 0.5) is 23.0 Å². The molecule has 2 atom stereocenters. The highest BCUT2D eigenvalue weighted by molar-refractivity contribution is 7.90. The molecule has 4 rings (SSSR count). The maximum Gasteiger partial charge on any atom is 0.301 e. The van der Waals surface area contributed by atoms with Crippen LogP contribution >= 0.6 is 0 Å². The predicted octanol–water partition coefficient (Wildman–Crippen LogP) is 3.42. The van der Waals surface area contributed by atoms with Crippen molar-refractivity contribution in [2.24, 2.45) is 0 Å². The zero-order valence-corrected chi connectivity index (χ0v) is 21.7. The third kappa shape index (κ3) is 5.73. The number of anilines is 4. The standard InChI is InChI=1S/C24H31N9O2S/c1-16(23(32(2)3)17-9-7-6-8-10-17)25-22-14-13-20(30-36(34,35)33(4)5)24(27-22)26-18-11-12-19-21(15-18)29-31-28-19/h6-16,23,30H,1-5H3,(H2,25,26,27)(H,28,29,31)/t16-,23-/m0/s1. The number of nitrogens with zero attached hydrogens (tertiary/aromatic N) is 5. The Bertz CT molecular complexity index is 1420. The molecular weight excluding hydrogens is 478 g/mol. The molecule has 0 saturated carbocycles. The Hall–Kier alpha value is -3.74. The van der Waals surface area contributed by atoms with Gasteiger partial charge in [0, 0.05) is 25.8 Å². The van der Waals surface area contributed by atoms with E-state index in [0.29, 0.717) is 28.5 Å². The number of fused-ring (bicyclic) bond motifs is 1. The van der Waals surface area contributed by atoms with Crippen molar-refractivity contribution >= 4 is 44.3 Å². The van der Waals surface area contributed by atoms with E-state index in [1.54, 1.807) is 12.1 Å². The Morgan fingerprint density at radius 3 is 2.33 bits per heavy atom. The summed E-state index contributed by atoms with van der Waals surface area (Å²) in [5.74, 6) is 0.949. The molecule has 11 nitrogen and oxygen atoms in total. The van der Waals surface area contributed by atoms with Crippen LogP contribution < -0.4 is 15.4 Å². The van der Waals surface area contributed by atoms with E-state index in [2.05, 4.69) is 54.7 Å². The zero-order valence-electron chi connectivity index (χ0n) is 20.9. The molecule has 0 aliphatic carbocycles. The molecule has 0 radical (unpaired) electrons. The first kappa shape index (κ1) is 25.4. The van der Waals surface area contributed by atoms with Crippen LogP contribution in [0.25, 0.3) is 11.0 Å². The Kier molecular flexibility index (Phi) is 7.38. The molecule has 0 spiro atoms. The van der Waals surface area contributed by atoms with Crippen molar-refractivity contribution in [3.63, 3.8) is 0 Å². The molecule has 0 amide bonds. The number of likely N-dealkylation sites (N-methyl/N-ethyl adjacent to an activating group) is 1. The van der Waals surface area contributed by atoms with Crippen molar-refractivity contribution in [1.29, 1.82) is 0 Å². The number of hydrogen-bond donors (Lipinski definition) is 4. The number of hydrogen-bond acceptors (Lipinski definition) is 8. The summed E-state index contributed by atoms with van der Waals surface area (Å²) in [6.45, 7) is 2.09. The van der Waals surface area contributed by atoms with Gasteiger partial charge in [0.15, 0.2) is 5.82 Å². The second-order valence-electron chi connectivity index (χ2n) is 8.89. The number of H-pyrrole nitrogens is 1. The molecule has 0 aliphatic rings. The molecule has 0 saturated heterocycles. The minimum Gasteiger partial charge on any atom is -0.366 e. The lowest BCUT2D eigenvalue weighted by Gasteiger charge is -2.31. The van der Waals surface area contributed by atoms with E-state index in [-0.39, 0.29) is 12.1 Å². The van der Waals surface area contributed by atoms with E-state index < -0.39 is 10.2 Å². The second kappa shape index (κ2) is 10.5. The lowest BCUT2D eigenvalue weighted by Crippen LogP contribution is -2.34. The van der Waals surface area contributed by atoms with Crippen LogP contribution in [-0.2, 0) is 10.2 Å². The fourth-order valence-corrected chi connectivity index (χ4v) is 4.62. The summed E-state index contributed by atoms with van der Waals surface area (Å²) < 4.78 is 28.8. The SMILES string of the molecule is C[C@H](Nc1ccc(NS(=O)(=O)N(C)C)c(Nc2ccc3n[nH]nc3c2)n1)[C@@H](c1ccccc1)N(C)C. The highest BCUT2D eigenvalue weighted by Crippen LogP contribution is 2.30. The first-order chi connectivity index (χ1) is 17.1. The van der Waals surface area contributed by atoms with E-state index in [1.807, 2.05) is 50.5 Å². The van der Waals surface area contributed by atoms with Gasteiger partial charge < -0.3 is 15.5 Å². The summed E-state index contributed by atoms with van der Waals surface area (Å²) in [7, 11) is 3.26. The smallest absolute Gasteiger partial charge is 0.301 e. The summed E-state index contributed by atoms with van der Waals surface area (Å²) in [5, 5.41) is 17.5. The third-order valence-electron chi connectivity index (χ3n) is 5.74. The molecule has 0 aliphatic heterocycles. The number of pyridine rings is 1. The Labute approximate surface area is 211 Å². The lowest BCUT2D eigenvalue weighted by atomic mass is 9.99. The van der Waals surface area contributed by atoms with Gasteiger partial charge in [0.2, 0.25) is 0 Å². The summed E-state index contributed by atoms with van der Waals surface area (Å²) >= 11 is 0. The van der Waals surface area contributed by atoms with Crippen molar-refractivity contribution in [2.45, 2.75) is 19.0 Å². The molecule has 2 aromatic carbocycles. The van der Waals surface area contributed by atoms with E-state index in [4.69, 9.17) is 4.98 Å². The van der Waals surface area contributed by atoms with Crippen LogP contribution in [0.5, 0.6) is 0 Å². The van der Waals surface area contributed by atoms with E-state index in [1.165, 1.54) is 19.7 Å². The van der Waals surface area contributed by atoms with Gasteiger partial charge in [-0.15, -0.1) is 0 Å². The van der Waals surface area contributed by atoms with E-state index in [9.17, 15) is 8.42 Å². The highest BCUT2D eigenvalue weighted by Gasteiger charge is 2.23. The first-order valence-corrected chi connectivity index (χ1v) is 12.8. The van der Waals surface area contributed by atoms with Gasteiger partial charge in [-0.05, 0) is 56.9 Å². The predicted molar refractivity (Wildman–Crippen MR) is 144 cm³/mol. The maximum absolute atomic E-state index is 12.5. The minimum absolute atomic E-state index is 0.00134. The molecule has 2 aromatic heterocycles. The van der Waals surface area contributed by atoms with Crippen molar-refractivity contribution in [3.8, 4) is 0 Å². The molecule has 2 heterocycles. The lowest BCUT2D eigenvalue weighted by molar-refractivity contribution is 0.275. The van der Waals surface area contributed by atoms with Gasteiger partial charge in [-0.2, -0.15) is 28.1 Å². The number of nitrogens with one attached hydrogen (secondary N) is 4. The van der Waals surface area contributed by atoms with Crippen molar-refractivity contribution < 1.29 is 8.42 Å². The maximum atomic E-state index is 12.5. The average molecular weight is 510 g/mol. The fraction of sp³-hybridized carbons (Fsp3) is 0.292. The minimum atomic E-state index is -3.74. The topological polar surface area (TPSA) is 131 Å². The van der Waals surface area contributed by atoms with Crippen molar-refractivity contribution in [2.75, 3.05) is 43.5 Å². The van der Waals surface area contributed by atoms with E-state index in [0.717, 1.165) is 9.82 Å². The van der Waals surface area contributed by atoms with Crippen LogP contribution in [0.15, 0.2) is 60.7 Å². The molecule has 0 bridgehead atoms. The van der Waals surface area contributed by atoms with Crippen LogP contribution in [0, 0.1) is 0 Å².